The summed E-state index contributed by atoms with van der Waals surface area (Å²) in [6.07, 6.45) is 1.69. The van der Waals surface area contributed by atoms with Crippen LogP contribution in [0.4, 0.5) is 17.1 Å². The Kier molecular flexibility index (Phi) is 5.24. The van der Waals surface area contributed by atoms with Crippen molar-refractivity contribution in [2.24, 2.45) is 0 Å². The molecule has 1 atom stereocenters. The van der Waals surface area contributed by atoms with Crippen molar-refractivity contribution in [3.63, 3.8) is 0 Å². The van der Waals surface area contributed by atoms with Crippen molar-refractivity contribution in [3.05, 3.63) is 74.3 Å². The van der Waals surface area contributed by atoms with E-state index < -0.39 is 9.85 Å². The minimum Gasteiger partial charge on any atom is -0.373 e. The Morgan fingerprint density at radius 1 is 1.04 bits per heavy atom. The molecule has 0 amide bonds. The highest BCUT2D eigenvalue weighted by atomic mass is 16.6. The van der Waals surface area contributed by atoms with Gasteiger partial charge in [-0.25, -0.2) is 0 Å². The number of hydrogen-bond donors (Lipinski definition) is 1. The van der Waals surface area contributed by atoms with Crippen LogP contribution in [0.2, 0.25) is 0 Å². The first-order chi connectivity index (χ1) is 11.0. The maximum absolute atomic E-state index is 11.2. The number of nitrogens with one attached hydrogen (secondary N) is 1. The minimum atomic E-state index is -0.641. The molecule has 0 bridgehead atoms. The number of nitrogens with zero attached hydrogens (tertiary/aromatic N) is 2. The molecule has 7 nitrogen and oxygen atoms in total. The molecule has 120 valence electrons. The predicted molar refractivity (Wildman–Crippen MR) is 87.5 cm³/mol. The third-order valence-corrected chi connectivity index (χ3v) is 3.50. The molecule has 2 aromatic rings. The molecule has 0 aromatic heterocycles. The lowest BCUT2D eigenvalue weighted by atomic mass is 10.0. The molecule has 1 N–H and O–H groups in total. The van der Waals surface area contributed by atoms with Gasteiger partial charge < -0.3 is 5.32 Å². The number of non-ortho nitro benzene ring substituents is 1. The molecule has 1 unspecified atom stereocenters. The summed E-state index contributed by atoms with van der Waals surface area (Å²) in [4.78, 5) is 20.8. The summed E-state index contributed by atoms with van der Waals surface area (Å²) in [5.41, 5.74) is 0.704. The van der Waals surface area contributed by atoms with Crippen LogP contribution in [-0.2, 0) is 0 Å². The van der Waals surface area contributed by atoms with Gasteiger partial charge in [0.25, 0.3) is 11.4 Å². The van der Waals surface area contributed by atoms with Crippen molar-refractivity contribution < 1.29 is 9.85 Å². The maximum atomic E-state index is 11.2. The van der Waals surface area contributed by atoms with Crippen LogP contribution in [0.1, 0.15) is 31.4 Å². The Labute approximate surface area is 133 Å². The molecule has 0 radical (unpaired) electrons. The normalized spacial score (nSPS) is 11.7. The van der Waals surface area contributed by atoms with Crippen LogP contribution in [0, 0.1) is 20.2 Å². The number of nitro groups is 2. The fraction of sp³-hybridized carbons (Fsp3) is 0.250. The molecule has 0 heterocycles. The number of hydrogen-bond acceptors (Lipinski definition) is 5. The number of benzene rings is 2. The lowest BCUT2D eigenvalue weighted by Gasteiger charge is -2.19. The van der Waals surface area contributed by atoms with Gasteiger partial charge in [0.15, 0.2) is 0 Å². The zero-order chi connectivity index (χ0) is 16.8. The Balaban J connectivity index is 2.36. The number of rotatable bonds is 7. The lowest BCUT2D eigenvalue weighted by molar-refractivity contribution is -0.393. The lowest BCUT2D eigenvalue weighted by Crippen LogP contribution is -2.12. The third kappa shape index (κ3) is 4.03. The van der Waals surface area contributed by atoms with Crippen LogP contribution in [-0.4, -0.2) is 9.85 Å². The molecule has 2 rings (SSSR count). The van der Waals surface area contributed by atoms with E-state index in [2.05, 4.69) is 5.32 Å². The first-order valence-corrected chi connectivity index (χ1v) is 7.27. The molecule has 7 heteroatoms. The third-order valence-electron chi connectivity index (χ3n) is 3.50. The van der Waals surface area contributed by atoms with E-state index >= 15 is 0 Å². The molecule has 0 aliphatic heterocycles. The van der Waals surface area contributed by atoms with Gasteiger partial charge in [-0.1, -0.05) is 43.7 Å². The van der Waals surface area contributed by atoms with Gasteiger partial charge in [0, 0.05) is 6.07 Å². The van der Waals surface area contributed by atoms with E-state index in [9.17, 15) is 20.2 Å². The van der Waals surface area contributed by atoms with Crippen molar-refractivity contribution in [2.45, 2.75) is 25.8 Å². The monoisotopic (exact) mass is 315 g/mol. The Bertz CT molecular complexity index is 704. The van der Waals surface area contributed by atoms with Gasteiger partial charge in [0.05, 0.1) is 22.0 Å². The van der Waals surface area contributed by atoms with Gasteiger partial charge in [-0.2, -0.15) is 0 Å². The van der Waals surface area contributed by atoms with Crippen molar-refractivity contribution >= 4 is 17.1 Å². The predicted octanol–water partition coefficient (Wildman–Crippen LogP) is 4.46. The fourth-order valence-electron chi connectivity index (χ4n) is 2.39. The van der Waals surface area contributed by atoms with Gasteiger partial charge in [0.2, 0.25) is 0 Å². The first-order valence-electron chi connectivity index (χ1n) is 7.27. The van der Waals surface area contributed by atoms with Crippen molar-refractivity contribution in [1.29, 1.82) is 0 Å². The summed E-state index contributed by atoms with van der Waals surface area (Å²) in [5.74, 6) is 0. The molecular weight excluding hydrogens is 298 g/mol. The summed E-state index contributed by atoms with van der Waals surface area (Å²) in [6, 6.07) is 13.2. The number of nitro benzene ring substituents is 2. The Hall–Kier alpha value is -2.96. The smallest absolute Gasteiger partial charge is 0.299 e. The average molecular weight is 315 g/mol. The highest BCUT2D eigenvalue weighted by Crippen LogP contribution is 2.33. The van der Waals surface area contributed by atoms with Gasteiger partial charge in [-0.3, -0.25) is 20.2 Å². The summed E-state index contributed by atoms with van der Waals surface area (Å²) >= 11 is 0. The standard InChI is InChI=1S/C16H17N3O4/c1-2-6-14(12-7-4-3-5-8-12)17-15-10-9-13(18(20)21)11-16(15)19(22)23/h3-5,7-11,14,17H,2,6H2,1H3. The van der Waals surface area contributed by atoms with Crippen molar-refractivity contribution in [3.8, 4) is 0 Å². The zero-order valence-corrected chi connectivity index (χ0v) is 12.6. The van der Waals surface area contributed by atoms with Gasteiger partial charge in [-0.05, 0) is 18.1 Å². The van der Waals surface area contributed by atoms with Crippen LogP contribution in [0.3, 0.4) is 0 Å². The Morgan fingerprint density at radius 2 is 1.74 bits per heavy atom. The van der Waals surface area contributed by atoms with E-state index in [0.29, 0.717) is 0 Å². The molecule has 0 spiro atoms. The zero-order valence-electron chi connectivity index (χ0n) is 12.6. The highest BCUT2D eigenvalue weighted by Gasteiger charge is 2.21. The van der Waals surface area contributed by atoms with Crippen molar-refractivity contribution in [2.75, 3.05) is 5.32 Å². The Morgan fingerprint density at radius 3 is 2.30 bits per heavy atom. The van der Waals surface area contributed by atoms with Crippen LogP contribution in [0.5, 0.6) is 0 Å². The SMILES string of the molecule is CCCC(Nc1ccc([N+](=O)[O-])cc1[N+](=O)[O-])c1ccccc1. The van der Waals surface area contributed by atoms with E-state index in [1.54, 1.807) is 0 Å². The van der Waals surface area contributed by atoms with Crippen LogP contribution in [0.15, 0.2) is 48.5 Å². The highest BCUT2D eigenvalue weighted by molar-refractivity contribution is 5.66. The van der Waals surface area contributed by atoms with Crippen molar-refractivity contribution in [1.82, 2.24) is 0 Å². The van der Waals surface area contributed by atoms with E-state index in [1.165, 1.54) is 12.1 Å². The van der Waals surface area contributed by atoms with Crippen LogP contribution >= 0.6 is 0 Å². The van der Waals surface area contributed by atoms with Gasteiger partial charge in [-0.15, -0.1) is 0 Å². The molecule has 2 aromatic carbocycles. The summed E-state index contributed by atoms with van der Waals surface area (Å²) < 4.78 is 0. The van der Waals surface area contributed by atoms with E-state index in [4.69, 9.17) is 0 Å². The van der Waals surface area contributed by atoms with Gasteiger partial charge in [0.1, 0.15) is 5.69 Å². The molecular formula is C16H17N3O4. The summed E-state index contributed by atoms with van der Waals surface area (Å²) in [7, 11) is 0. The van der Waals surface area contributed by atoms with E-state index in [0.717, 1.165) is 24.5 Å². The summed E-state index contributed by atoms with van der Waals surface area (Å²) in [5, 5.41) is 25.2. The maximum Gasteiger partial charge on any atom is 0.299 e. The second kappa shape index (κ2) is 7.35. The quantitative estimate of drug-likeness (QED) is 0.601. The minimum absolute atomic E-state index is 0.0960. The molecule has 0 aliphatic rings. The number of anilines is 1. The topological polar surface area (TPSA) is 98.3 Å². The molecule has 0 fully saturated rings. The van der Waals surface area contributed by atoms with E-state index in [1.807, 2.05) is 37.3 Å². The van der Waals surface area contributed by atoms with Crippen LogP contribution in [0.25, 0.3) is 0 Å². The second-order valence-electron chi connectivity index (χ2n) is 5.11. The average Bonchev–Trinajstić information content (AvgIpc) is 2.55. The first kappa shape index (κ1) is 16.4. The summed E-state index contributed by atoms with van der Waals surface area (Å²) in [6.45, 7) is 2.03. The van der Waals surface area contributed by atoms with Gasteiger partial charge >= 0.3 is 0 Å². The van der Waals surface area contributed by atoms with E-state index in [-0.39, 0.29) is 23.1 Å². The van der Waals surface area contributed by atoms with Crippen LogP contribution < -0.4 is 5.32 Å². The molecule has 23 heavy (non-hydrogen) atoms. The largest absolute Gasteiger partial charge is 0.373 e. The molecule has 0 aliphatic carbocycles. The second-order valence-corrected chi connectivity index (χ2v) is 5.11. The fourth-order valence-corrected chi connectivity index (χ4v) is 2.39. The molecule has 0 saturated carbocycles. The molecule has 0 saturated heterocycles.